The van der Waals surface area contributed by atoms with Crippen molar-refractivity contribution >= 4 is 46.1 Å². The van der Waals surface area contributed by atoms with Gasteiger partial charge < -0.3 is 10.6 Å². The quantitative estimate of drug-likeness (QED) is 0.675. The number of thiophene rings is 1. The molecule has 2 aromatic carbocycles. The summed E-state index contributed by atoms with van der Waals surface area (Å²) in [6.45, 7) is 0. The molecule has 2 amide bonds. The summed E-state index contributed by atoms with van der Waals surface area (Å²) in [7, 11) is 0. The summed E-state index contributed by atoms with van der Waals surface area (Å²) < 4.78 is 0. The van der Waals surface area contributed by atoms with Gasteiger partial charge in [-0.3, -0.25) is 9.59 Å². The highest BCUT2D eigenvalue weighted by atomic mass is 35.5. The van der Waals surface area contributed by atoms with Crippen LogP contribution in [0.2, 0.25) is 5.02 Å². The Morgan fingerprint density at radius 1 is 0.880 bits per heavy atom. The summed E-state index contributed by atoms with van der Waals surface area (Å²) in [5, 5.41) is 8.16. The van der Waals surface area contributed by atoms with Gasteiger partial charge in [-0.05, 0) is 47.8 Å². The zero-order valence-electron chi connectivity index (χ0n) is 13.2. The number of rotatable bonds is 5. The molecule has 0 atom stereocenters. The van der Waals surface area contributed by atoms with Gasteiger partial charge in [-0.2, -0.15) is 0 Å². The van der Waals surface area contributed by atoms with Crippen molar-refractivity contribution in [3.05, 3.63) is 81.5 Å². The summed E-state index contributed by atoms with van der Waals surface area (Å²) in [6.07, 6.45) is 0.303. The predicted molar refractivity (Wildman–Crippen MR) is 102 cm³/mol. The summed E-state index contributed by atoms with van der Waals surface area (Å²) >= 11 is 7.37. The smallest absolute Gasteiger partial charge is 0.255 e. The van der Waals surface area contributed by atoms with Gasteiger partial charge in [0.05, 0.1) is 17.8 Å². The van der Waals surface area contributed by atoms with E-state index in [2.05, 4.69) is 10.6 Å². The Kier molecular flexibility index (Phi) is 5.48. The van der Waals surface area contributed by atoms with Gasteiger partial charge in [0.1, 0.15) is 0 Å². The Bertz CT molecular complexity index is 877. The van der Waals surface area contributed by atoms with E-state index in [9.17, 15) is 9.59 Å². The summed E-state index contributed by atoms with van der Waals surface area (Å²) in [6, 6.07) is 17.5. The standard InChI is InChI=1S/C19H15ClN2O2S/c20-14-9-7-13(8-10-14)19(24)22-17-6-2-1-5-16(17)21-18(23)12-15-4-3-11-25-15/h1-11H,12H2,(H,21,23)(H,22,24). The molecule has 3 aromatic rings. The van der Waals surface area contributed by atoms with Gasteiger partial charge in [0, 0.05) is 15.5 Å². The van der Waals surface area contributed by atoms with E-state index in [1.54, 1.807) is 48.5 Å². The molecule has 0 spiro atoms. The number of anilines is 2. The maximum Gasteiger partial charge on any atom is 0.255 e. The molecule has 0 bridgehead atoms. The number of carbonyl (C=O) groups excluding carboxylic acids is 2. The van der Waals surface area contributed by atoms with Gasteiger partial charge in [0.15, 0.2) is 0 Å². The minimum atomic E-state index is -0.267. The zero-order valence-corrected chi connectivity index (χ0v) is 14.7. The van der Waals surface area contributed by atoms with Crippen molar-refractivity contribution in [3.8, 4) is 0 Å². The molecule has 3 rings (SSSR count). The topological polar surface area (TPSA) is 58.2 Å². The van der Waals surface area contributed by atoms with E-state index >= 15 is 0 Å². The number of para-hydroxylation sites is 2. The van der Waals surface area contributed by atoms with Crippen LogP contribution in [0.5, 0.6) is 0 Å². The van der Waals surface area contributed by atoms with Crippen molar-refractivity contribution in [2.75, 3.05) is 10.6 Å². The second kappa shape index (κ2) is 7.96. The van der Waals surface area contributed by atoms with Crippen molar-refractivity contribution in [3.63, 3.8) is 0 Å². The highest BCUT2D eigenvalue weighted by Gasteiger charge is 2.11. The fraction of sp³-hybridized carbons (Fsp3) is 0.0526. The van der Waals surface area contributed by atoms with E-state index in [1.807, 2.05) is 17.5 Å². The third-order valence-corrected chi connectivity index (χ3v) is 4.60. The number of benzene rings is 2. The summed E-state index contributed by atoms with van der Waals surface area (Å²) in [4.78, 5) is 25.5. The average molecular weight is 371 g/mol. The monoisotopic (exact) mass is 370 g/mol. The molecule has 6 heteroatoms. The molecule has 0 radical (unpaired) electrons. The Balaban J connectivity index is 1.71. The fourth-order valence-electron chi connectivity index (χ4n) is 2.26. The van der Waals surface area contributed by atoms with Crippen LogP contribution in [0.1, 0.15) is 15.2 Å². The van der Waals surface area contributed by atoms with Crippen LogP contribution in [0.25, 0.3) is 0 Å². The third-order valence-electron chi connectivity index (χ3n) is 3.47. The second-order valence-corrected chi connectivity index (χ2v) is 6.78. The van der Waals surface area contributed by atoms with Crippen LogP contribution in [0, 0.1) is 0 Å². The van der Waals surface area contributed by atoms with E-state index in [1.165, 1.54) is 11.3 Å². The fourth-order valence-corrected chi connectivity index (χ4v) is 3.09. The lowest BCUT2D eigenvalue weighted by Crippen LogP contribution is -2.17. The van der Waals surface area contributed by atoms with Crippen LogP contribution in [-0.4, -0.2) is 11.8 Å². The van der Waals surface area contributed by atoms with E-state index in [-0.39, 0.29) is 11.8 Å². The highest BCUT2D eigenvalue weighted by Crippen LogP contribution is 2.22. The first-order valence-electron chi connectivity index (χ1n) is 7.60. The van der Waals surface area contributed by atoms with Gasteiger partial charge >= 0.3 is 0 Å². The van der Waals surface area contributed by atoms with Crippen LogP contribution in [0.15, 0.2) is 66.0 Å². The number of hydrogen-bond donors (Lipinski definition) is 2. The molecule has 0 saturated carbocycles. The highest BCUT2D eigenvalue weighted by molar-refractivity contribution is 7.10. The first kappa shape index (κ1) is 17.2. The third kappa shape index (κ3) is 4.68. The number of hydrogen-bond acceptors (Lipinski definition) is 3. The average Bonchev–Trinajstić information content (AvgIpc) is 3.10. The van der Waals surface area contributed by atoms with Crippen molar-refractivity contribution in [1.29, 1.82) is 0 Å². The number of amides is 2. The first-order valence-corrected chi connectivity index (χ1v) is 8.86. The molecular weight excluding hydrogens is 356 g/mol. The molecule has 25 heavy (non-hydrogen) atoms. The van der Waals surface area contributed by atoms with E-state index in [0.29, 0.717) is 28.4 Å². The molecule has 0 aliphatic heterocycles. The van der Waals surface area contributed by atoms with Gasteiger partial charge in [-0.25, -0.2) is 0 Å². The minimum Gasteiger partial charge on any atom is -0.324 e. The number of halogens is 1. The van der Waals surface area contributed by atoms with Crippen LogP contribution < -0.4 is 10.6 Å². The molecule has 0 aliphatic carbocycles. The van der Waals surface area contributed by atoms with Gasteiger partial charge in [0.2, 0.25) is 5.91 Å². The maximum atomic E-state index is 12.4. The normalized spacial score (nSPS) is 10.3. The molecule has 4 nitrogen and oxygen atoms in total. The first-order chi connectivity index (χ1) is 12.1. The molecule has 1 aromatic heterocycles. The lowest BCUT2D eigenvalue weighted by Gasteiger charge is -2.12. The minimum absolute atomic E-state index is 0.129. The zero-order chi connectivity index (χ0) is 17.6. The van der Waals surface area contributed by atoms with Crippen LogP contribution in [-0.2, 0) is 11.2 Å². The van der Waals surface area contributed by atoms with Crippen molar-refractivity contribution in [2.45, 2.75) is 6.42 Å². The van der Waals surface area contributed by atoms with E-state index < -0.39 is 0 Å². The number of nitrogens with one attached hydrogen (secondary N) is 2. The van der Waals surface area contributed by atoms with Crippen LogP contribution >= 0.6 is 22.9 Å². The van der Waals surface area contributed by atoms with Gasteiger partial charge in [-0.1, -0.05) is 29.8 Å². The summed E-state index contributed by atoms with van der Waals surface area (Å²) in [5.41, 5.74) is 1.59. The van der Waals surface area contributed by atoms with E-state index in [0.717, 1.165) is 4.88 Å². The lowest BCUT2D eigenvalue weighted by molar-refractivity contribution is -0.115. The van der Waals surface area contributed by atoms with Crippen LogP contribution in [0.4, 0.5) is 11.4 Å². The molecule has 0 unspecified atom stereocenters. The van der Waals surface area contributed by atoms with Crippen molar-refractivity contribution in [2.24, 2.45) is 0 Å². The predicted octanol–water partition coefficient (Wildman–Crippen LogP) is 4.84. The maximum absolute atomic E-state index is 12.4. The second-order valence-electron chi connectivity index (χ2n) is 5.31. The SMILES string of the molecule is O=C(Cc1cccs1)Nc1ccccc1NC(=O)c1ccc(Cl)cc1. The molecule has 2 N–H and O–H groups in total. The Morgan fingerprint density at radius 3 is 2.20 bits per heavy atom. The number of carbonyl (C=O) groups is 2. The Labute approximate surface area is 154 Å². The summed E-state index contributed by atoms with van der Waals surface area (Å²) in [5.74, 6) is -0.396. The molecule has 0 aliphatic rings. The molecular formula is C19H15ClN2O2S. The lowest BCUT2D eigenvalue weighted by atomic mass is 10.2. The van der Waals surface area contributed by atoms with Gasteiger partial charge in [-0.15, -0.1) is 11.3 Å². The largest absolute Gasteiger partial charge is 0.324 e. The Hall–Kier alpha value is -2.63. The molecule has 1 heterocycles. The Morgan fingerprint density at radius 2 is 1.56 bits per heavy atom. The van der Waals surface area contributed by atoms with E-state index in [4.69, 9.17) is 11.6 Å². The molecule has 126 valence electrons. The van der Waals surface area contributed by atoms with Crippen molar-refractivity contribution in [1.82, 2.24) is 0 Å². The van der Waals surface area contributed by atoms with Gasteiger partial charge in [0.25, 0.3) is 5.91 Å². The molecule has 0 fully saturated rings. The van der Waals surface area contributed by atoms with Crippen molar-refractivity contribution < 1.29 is 9.59 Å². The van der Waals surface area contributed by atoms with Crippen LogP contribution in [0.3, 0.4) is 0 Å². The molecule has 0 saturated heterocycles.